The molecule has 0 fully saturated rings. The van der Waals surface area contributed by atoms with Gasteiger partial charge in [0, 0.05) is 4.90 Å². The Morgan fingerprint density at radius 3 is 2.74 bits per heavy atom. The first-order valence-electron chi connectivity index (χ1n) is 6.30. The molecule has 0 amide bonds. The second-order valence-corrected chi connectivity index (χ2v) is 5.51. The van der Waals surface area contributed by atoms with Crippen LogP contribution < -0.4 is 0 Å². The number of benzene rings is 2. The van der Waals surface area contributed by atoms with E-state index in [1.54, 1.807) is 11.8 Å². The lowest BCUT2D eigenvalue weighted by Crippen LogP contribution is -2.02. The molecule has 3 rings (SSSR count). The van der Waals surface area contributed by atoms with Crippen molar-refractivity contribution in [1.29, 1.82) is 0 Å². The molecule has 0 radical (unpaired) electrons. The predicted molar refractivity (Wildman–Crippen MR) is 77.2 cm³/mol. The van der Waals surface area contributed by atoms with Gasteiger partial charge in [0.1, 0.15) is 6.10 Å². The first kappa shape index (κ1) is 12.7. The van der Waals surface area contributed by atoms with Gasteiger partial charge in [0.25, 0.3) is 0 Å². The Balaban J connectivity index is 1.97. The highest BCUT2D eigenvalue weighted by Crippen LogP contribution is 2.32. The number of hydrogen-bond donors (Lipinski definition) is 1. The third-order valence-corrected chi connectivity index (χ3v) is 4.31. The van der Waals surface area contributed by atoms with E-state index in [0.29, 0.717) is 13.2 Å². The molecule has 0 saturated carbocycles. The van der Waals surface area contributed by atoms with Crippen LogP contribution >= 0.6 is 11.8 Å². The molecule has 1 atom stereocenters. The van der Waals surface area contributed by atoms with Crippen molar-refractivity contribution in [3.8, 4) is 0 Å². The van der Waals surface area contributed by atoms with E-state index in [9.17, 15) is 5.11 Å². The lowest BCUT2D eigenvalue weighted by Gasteiger charge is -2.15. The summed E-state index contributed by atoms with van der Waals surface area (Å²) in [6.45, 7) is 1.34. The van der Waals surface area contributed by atoms with Crippen molar-refractivity contribution in [3.63, 3.8) is 0 Å². The molecule has 2 aromatic carbocycles. The van der Waals surface area contributed by atoms with E-state index in [-0.39, 0.29) is 0 Å². The molecule has 98 valence electrons. The van der Waals surface area contributed by atoms with Crippen LogP contribution in [-0.2, 0) is 18.0 Å². The lowest BCUT2D eigenvalue weighted by atomic mass is 9.98. The summed E-state index contributed by atoms with van der Waals surface area (Å²) in [7, 11) is 0. The topological polar surface area (TPSA) is 29.5 Å². The van der Waals surface area contributed by atoms with Crippen molar-refractivity contribution in [2.24, 2.45) is 0 Å². The van der Waals surface area contributed by atoms with Crippen LogP contribution in [0.2, 0.25) is 0 Å². The summed E-state index contributed by atoms with van der Waals surface area (Å²) in [6.07, 6.45) is 1.46. The first-order chi connectivity index (χ1) is 9.29. The number of thioether (sulfide) groups is 1. The molecule has 1 heterocycles. The molecule has 3 heteroatoms. The molecule has 1 aliphatic heterocycles. The van der Waals surface area contributed by atoms with Gasteiger partial charge in [-0.25, -0.2) is 0 Å². The number of rotatable bonds is 3. The third-order valence-electron chi connectivity index (χ3n) is 3.49. The minimum absolute atomic E-state index is 0.574. The SMILES string of the molecule is CSc1ccccc1C(O)c1ccc2c(c1)COC2. The fourth-order valence-electron chi connectivity index (χ4n) is 2.43. The zero-order valence-corrected chi connectivity index (χ0v) is 11.6. The van der Waals surface area contributed by atoms with Crippen molar-refractivity contribution >= 4 is 11.8 Å². The summed E-state index contributed by atoms with van der Waals surface area (Å²) in [5.74, 6) is 0. The molecule has 2 nitrogen and oxygen atoms in total. The van der Waals surface area contributed by atoms with E-state index in [4.69, 9.17) is 4.74 Å². The van der Waals surface area contributed by atoms with Gasteiger partial charge in [-0.15, -0.1) is 11.8 Å². The lowest BCUT2D eigenvalue weighted by molar-refractivity contribution is 0.134. The maximum Gasteiger partial charge on any atom is 0.105 e. The Hall–Kier alpha value is -1.29. The van der Waals surface area contributed by atoms with E-state index < -0.39 is 6.10 Å². The van der Waals surface area contributed by atoms with E-state index in [0.717, 1.165) is 16.0 Å². The molecule has 0 aliphatic carbocycles. The highest BCUT2D eigenvalue weighted by Gasteiger charge is 2.17. The molecule has 0 bridgehead atoms. The van der Waals surface area contributed by atoms with Crippen molar-refractivity contribution < 1.29 is 9.84 Å². The Morgan fingerprint density at radius 2 is 1.89 bits per heavy atom. The molecule has 0 aromatic heterocycles. The van der Waals surface area contributed by atoms with E-state index in [2.05, 4.69) is 12.1 Å². The molecule has 2 aromatic rings. The van der Waals surface area contributed by atoms with Gasteiger partial charge in [-0.2, -0.15) is 0 Å². The summed E-state index contributed by atoms with van der Waals surface area (Å²) in [5.41, 5.74) is 4.33. The molecule has 1 N–H and O–H groups in total. The first-order valence-corrected chi connectivity index (χ1v) is 7.52. The van der Waals surface area contributed by atoms with Crippen LogP contribution in [0.5, 0.6) is 0 Å². The maximum atomic E-state index is 10.6. The number of aliphatic hydroxyl groups excluding tert-OH is 1. The van der Waals surface area contributed by atoms with Gasteiger partial charge < -0.3 is 9.84 Å². The van der Waals surface area contributed by atoms with Crippen molar-refractivity contribution in [1.82, 2.24) is 0 Å². The van der Waals surface area contributed by atoms with Crippen LogP contribution in [0, 0.1) is 0 Å². The van der Waals surface area contributed by atoms with Crippen LogP contribution in [0.25, 0.3) is 0 Å². The van der Waals surface area contributed by atoms with Crippen molar-refractivity contribution in [2.75, 3.05) is 6.26 Å². The molecule has 0 saturated heterocycles. The van der Waals surface area contributed by atoms with Crippen LogP contribution in [0.3, 0.4) is 0 Å². The van der Waals surface area contributed by atoms with E-state index in [1.807, 2.05) is 36.6 Å². The Labute approximate surface area is 117 Å². The van der Waals surface area contributed by atoms with Crippen LogP contribution in [-0.4, -0.2) is 11.4 Å². The summed E-state index contributed by atoms with van der Waals surface area (Å²) >= 11 is 1.66. The summed E-state index contributed by atoms with van der Waals surface area (Å²) in [4.78, 5) is 1.12. The molecule has 19 heavy (non-hydrogen) atoms. The number of hydrogen-bond acceptors (Lipinski definition) is 3. The average Bonchev–Trinajstić information content (AvgIpc) is 2.93. The van der Waals surface area contributed by atoms with Gasteiger partial charge in [0.05, 0.1) is 13.2 Å². The molecule has 1 unspecified atom stereocenters. The standard InChI is InChI=1S/C16H16O2S/c1-19-15-5-3-2-4-14(15)16(17)11-6-7-12-9-18-10-13(12)8-11/h2-8,16-17H,9-10H2,1H3. The fraction of sp³-hybridized carbons (Fsp3) is 0.250. The van der Waals surface area contributed by atoms with Gasteiger partial charge in [-0.1, -0.05) is 36.4 Å². The van der Waals surface area contributed by atoms with Gasteiger partial charge in [0.15, 0.2) is 0 Å². The van der Waals surface area contributed by atoms with Crippen LogP contribution in [0.4, 0.5) is 0 Å². The maximum absolute atomic E-state index is 10.6. The van der Waals surface area contributed by atoms with Crippen molar-refractivity contribution in [2.45, 2.75) is 24.2 Å². The summed E-state index contributed by atoms with van der Waals surface area (Å²) < 4.78 is 5.41. The van der Waals surface area contributed by atoms with Gasteiger partial charge in [0.2, 0.25) is 0 Å². The predicted octanol–water partition coefficient (Wildman–Crippen LogP) is 3.52. The molecular formula is C16H16O2S. The highest BCUT2D eigenvalue weighted by molar-refractivity contribution is 7.98. The zero-order valence-electron chi connectivity index (χ0n) is 10.8. The van der Waals surface area contributed by atoms with Crippen LogP contribution in [0.1, 0.15) is 28.4 Å². The molecular weight excluding hydrogens is 256 g/mol. The Bertz CT molecular complexity index is 595. The fourth-order valence-corrected chi connectivity index (χ4v) is 3.06. The second-order valence-electron chi connectivity index (χ2n) is 4.67. The Kier molecular flexibility index (Phi) is 3.60. The highest BCUT2D eigenvalue weighted by atomic mass is 32.2. The average molecular weight is 272 g/mol. The smallest absolute Gasteiger partial charge is 0.105 e. The number of ether oxygens (including phenoxy) is 1. The monoisotopic (exact) mass is 272 g/mol. The number of aliphatic hydroxyl groups is 1. The summed E-state index contributed by atoms with van der Waals surface area (Å²) in [5, 5.41) is 10.6. The zero-order chi connectivity index (χ0) is 13.2. The van der Waals surface area contributed by atoms with E-state index >= 15 is 0 Å². The second kappa shape index (κ2) is 5.37. The number of fused-ring (bicyclic) bond motifs is 1. The van der Waals surface area contributed by atoms with Gasteiger partial charge in [-0.3, -0.25) is 0 Å². The normalized spacial score (nSPS) is 15.3. The minimum Gasteiger partial charge on any atom is -0.384 e. The van der Waals surface area contributed by atoms with Crippen molar-refractivity contribution in [3.05, 3.63) is 64.7 Å². The Morgan fingerprint density at radius 1 is 1.11 bits per heavy atom. The summed E-state index contributed by atoms with van der Waals surface area (Å²) in [6, 6.07) is 14.1. The van der Waals surface area contributed by atoms with E-state index in [1.165, 1.54) is 11.1 Å². The quantitative estimate of drug-likeness (QED) is 0.867. The minimum atomic E-state index is -0.574. The van der Waals surface area contributed by atoms with Gasteiger partial charge in [-0.05, 0) is 34.6 Å². The third kappa shape index (κ3) is 2.41. The molecule has 0 spiro atoms. The molecule has 1 aliphatic rings. The van der Waals surface area contributed by atoms with Gasteiger partial charge >= 0.3 is 0 Å². The largest absolute Gasteiger partial charge is 0.384 e. The van der Waals surface area contributed by atoms with Crippen LogP contribution in [0.15, 0.2) is 47.4 Å².